The molecular formula is C18H22N4O3. The van der Waals surface area contributed by atoms with Crippen molar-refractivity contribution in [3.8, 4) is 0 Å². The standard InChI is InChI=1S/C18H22N4O3/c1-12-7-8-13(17(23)21(12)3)18(24)22-9-10-25-15(11-22)14-5-4-6-16(19-2)20-14/h4-8,15H,9-11H2,1-3H3,(H,19,20)/t15-/m1/s1. The van der Waals surface area contributed by atoms with Crippen molar-refractivity contribution in [2.75, 3.05) is 32.1 Å². The van der Waals surface area contributed by atoms with Gasteiger partial charge in [-0.25, -0.2) is 4.98 Å². The Morgan fingerprint density at radius 3 is 2.88 bits per heavy atom. The molecule has 1 fully saturated rings. The van der Waals surface area contributed by atoms with Gasteiger partial charge in [0.2, 0.25) is 0 Å². The number of morpholine rings is 1. The molecule has 1 atom stereocenters. The monoisotopic (exact) mass is 342 g/mol. The third-order valence-electron chi connectivity index (χ3n) is 4.50. The van der Waals surface area contributed by atoms with E-state index in [9.17, 15) is 9.59 Å². The number of hydrogen-bond donors (Lipinski definition) is 1. The number of anilines is 1. The summed E-state index contributed by atoms with van der Waals surface area (Å²) in [6.07, 6.45) is -0.305. The molecule has 0 spiro atoms. The Kier molecular flexibility index (Phi) is 4.85. The van der Waals surface area contributed by atoms with Gasteiger partial charge < -0.3 is 19.5 Å². The number of nitrogens with one attached hydrogen (secondary N) is 1. The minimum atomic E-state index is -0.305. The van der Waals surface area contributed by atoms with E-state index in [1.54, 1.807) is 31.1 Å². The molecule has 3 rings (SSSR count). The first kappa shape index (κ1) is 17.2. The first-order valence-corrected chi connectivity index (χ1v) is 8.23. The largest absolute Gasteiger partial charge is 0.373 e. The lowest BCUT2D eigenvalue weighted by atomic mass is 10.1. The Balaban J connectivity index is 1.82. The molecule has 1 amide bonds. The summed E-state index contributed by atoms with van der Waals surface area (Å²) in [5.41, 5.74) is 1.49. The molecule has 2 aromatic rings. The van der Waals surface area contributed by atoms with Gasteiger partial charge in [-0.15, -0.1) is 0 Å². The van der Waals surface area contributed by atoms with Gasteiger partial charge >= 0.3 is 0 Å². The van der Waals surface area contributed by atoms with Crippen LogP contribution in [0.25, 0.3) is 0 Å². The SMILES string of the molecule is CNc1cccc([C@H]2CN(C(=O)c3ccc(C)n(C)c3=O)CCO2)n1. The van der Waals surface area contributed by atoms with Crippen molar-refractivity contribution in [2.24, 2.45) is 7.05 Å². The van der Waals surface area contributed by atoms with Gasteiger partial charge in [-0.05, 0) is 31.2 Å². The molecule has 0 saturated carbocycles. The Morgan fingerprint density at radius 1 is 1.32 bits per heavy atom. The molecule has 0 bridgehead atoms. The maximum Gasteiger partial charge on any atom is 0.263 e. The minimum Gasteiger partial charge on any atom is -0.373 e. The second-order valence-electron chi connectivity index (χ2n) is 6.06. The number of carbonyl (C=O) groups excluding carboxylic acids is 1. The molecule has 1 N–H and O–H groups in total. The fourth-order valence-corrected chi connectivity index (χ4v) is 2.84. The molecule has 1 aliphatic rings. The van der Waals surface area contributed by atoms with Crippen molar-refractivity contribution in [2.45, 2.75) is 13.0 Å². The summed E-state index contributed by atoms with van der Waals surface area (Å²) in [6, 6.07) is 9.03. The molecule has 132 valence electrons. The van der Waals surface area contributed by atoms with Gasteiger partial charge in [0.05, 0.1) is 18.8 Å². The van der Waals surface area contributed by atoms with Crippen LogP contribution in [0.3, 0.4) is 0 Å². The van der Waals surface area contributed by atoms with E-state index in [0.717, 1.165) is 17.2 Å². The lowest BCUT2D eigenvalue weighted by Crippen LogP contribution is -2.44. The van der Waals surface area contributed by atoms with Crippen molar-refractivity contribution in [1.82, 2.24) is 14.5 Å². The fraction of sp³-hybridized carbons (Fsp3) is 0.389. The normalized spacial score (nSPS) is 17.4. The van der Waals surface area contributed by atoms with E-state index in [0.29, 0.717) is 19.7 Å². The van der Waals surface area contributed by atoms with Crippen LogP contribution in [-0.2, 0) is 11.8 Å². The van der Waals surface area contributed by atoms with E-state index in [-0.39, 0.29) is 23.1 Å². The van der Waals surface area contributed by atoms with E-state index < -0.39 is 0 Å². The Hall–Kier alpha value is -2.67. The molecule has 1 saturated heterocycles. The molecule has 7 nitrogen and oxygen atoms in total. The van der Waals surface area contributed by atoms with Crippen LogP contribution in [0.15, 0.2) is 35.1 Å². The van der Waals surface area contributed by atoms with E-state index >= 15 is 0 Å². The molecule has 0 aliphatic carbocycles. The average molecular weight is 342 g/mol. The second kappa shape index (κ2) is 7.06. The number of amides is 1. The van der Waals surface area contributed by atoms with E-state index in [2.05, 4.69) is 10.3 Å². The van der Waals surface area contributed by atoms with Gasteiger partial charge in [-0.1, -0.05) is 6.07 Å². The van der Waals surface area contributed by atoms with Gasteiger partial charge in [-0.2, -0.15) is 0 Å². The van der Waals surface area contributed by atoms with Crippen molar-refractivity contribution < 1.29 is 9.53 Å². The van der Waals surface area contributed by atoms with Gasteiger partial charge in [0, 0.05) is 26.3 Å². The van der Waals surface area contributed by atoms with Crippen LogP contribution in [-0.4, -0.2) is 47.1 Å². The van der Waals surface area contributed by atoms with Gasteiger partial charge in [-0.3, -0.25) is 9.59 Å². The summed E-state index contributed by atoms with van der Waals surface area (Å²) in [7, 11) is 3.47. The molecule has 0 unspecified atom stereocenters. The van der Waals surface area contributed by atoms with E-state index in [1.165, 1.54) is 4.57 Å². The topological polar surface area (TPSA) is 76.5 Å². The zero-order chi connectivity index (χ0) is 18.0. The molecular weight excluding hydrogens is 320 g/mol. The van der Waals surface area contributed by atoms with Crippen LogP contribution in [0.5, 0.6) is 0 Å². The smallest absolute Gasteiger partial charge is 0.263 e. The van der Waals surface area contributed by atoms with Crippen molar-refractivity contribution >= 4 is 11.7 Å². The predicted octanol–water partition coefficient (Wildman–Crippen LogP) is 1.34. The predicted molar refractivity (Wildman–Crippen MR) is 94.8 cm³/mol. The van der Waals surface area contributed by atoms with Crippen LogP contribution in [0, 0.1) is 6.92 Å². The molecule has 0 aromatic carbocycles. The summed E-state index contributed by atoms with van der Waals surface area (Å²) >= 11 is 0. The summed E-state index contributed by atoms with van der Waals surface area (Å²) in [4.78, 5) is 31.3. The fourth-order valence-electron chi connectivity index (χ4n) is 2.84. The summed E-state index contributed by atoms with van der Waals surface area (Å²) in [5.74, 6) is 0.482. The second-order valence-corrected chi connectivity index (χ2v) is 6.06. The third-order valence-corrected chi connectivity index (χ3v) is 4.50. The highest BCUT2D eigenvalue weighted by molar-refractivity contribution is 5.94. The average Bonchev–Trinajstić information content (AvgIpc) is 2.66. The highest BCUT2D eigenvalue weighted by Crippen LogP contribution is 2.22. The Labute approximate surface area is 146 Å². The highest BCUT2D eigenvalue weighted by atomic mass is 16.5. The molecule has 0 radical (unpaired) electrons. The number of aryl methyl sites for hydroxylation is 1. The maximum atomic E-state index is 12.8. The number of rotatable bonds is 3. The number of nitrogens with zero attached hydrogens (tertiary/aromatic N) is 3. The quantitative estimate of drug-likeness (QED) is 0.911. The zero-order valence-corrected chi connectivity index (χ0v) is 14.7. The van der Waals surface area contributed by atoms with Crippen LogP contribution in [0.4, 0.5) is 5.82 Å². The van der Waals surface area contributed by atoms with Crippen LogP contribution in [0.1, 0.15) is 27.8 Å². The number of aromatic nitrogens is 2. The van der Waals surface area contributed by atoms with Crippen LogP contribution >= 0.6 is 0 Å². The number of ether oxygens (including phenoxy) is 1. The lowest BCUT2D eigenvalue weighted by Gasteiger charge is -2.32. The van der Waals surface area contributed by atoms with Gasteiger partial charge in [0.25, 0.3) is 11.5 Å². The first-order valence-electron chi connectivity index (χ1n) is 8.23. The number of carbonyl (C=O) groups is 1. The first-order chi connectivity index (χ1) is 12.0. The molecule has 1 aliphatic heterocycles. The lowest BCUT2D eigenvalue weighted by molar-refractivity contribution is -0.0247. The minimum absolute atomic E-state index is 0.186. The summed E-state index contributed by atoms with van der Waals surface area (Å²) < 4.78 is 7.27. The Morgan fingerprint density at radius 2 is 2.12 bits per heavy atom. The Bertz CT molecular complexity index is 846. The van der Waals surface area contributed by atoms with Crippen molar-refractivity contribution in [3.63, 3.8) is 0 Å². The zero-order valence-electron chi connectivity index (χ0n) is 14.7. The van der Waals surface area contributed by atoms with E-state index in [1.807, 2.05) is 25.1 Å². The summed E-state index contributed by atoms with van der Waals surface area (Å²) in [5, 5.41) is 2.99. The molecule has 3 heterocycles. The van der Waals surface area contributed by atoms with Crippen LogP contribution in [0.2, 0.25) is 0 Å². The molecule has 7 heteroatoms. The third kappa shape index (κ3) is 3.41. The van der Waals surface area contributed by atoms with E-state index in [4.69, 9.17) is 4.74 Å². The number of pyridine rings is 2. The van der Waals surface area contributed by atoms with Crippen molar-refractivity contribution in [3.05, 3.63) is 57.6 Å². The summed E-state index contributed by atoms with van der Waals surface area (Å²) in [6.45, 7) is 3.07. The van der Waals surface area contributed by atoms with Crippen LogP contribution < -0.4 is 10.9 Å². The van der Waals surface area contributed by atoms with Gasteiger partial charge in [0.1, 0.15) is 17.5 Å². The van der Waals surface area contributed by atoms with Gasteiger partial charge in [0.15, 0.2) is 0 Å². The highest BCUT2D eigenvalue weighted by Gasteiger charge is 2.28. The number of hydrogen-bond acceptors (Lipinski definition) is 5. The molecule has 2 aromatic heterocycles. The van der Waals surface area contributed by atoms with Crippen molar-refractivity contribution in [1.29, 1.82) is 0 Å². The molecule has 25 heavy (non-hydrogen) atoms. The maximum absolute atomic E-state index is 12.8.